The Labute approximate surface area is 110 Å². The minimum absolute atomic E-state index is 0.127. The van der Waals surface area contributed by atoms with Crippen LogP contribution in [0.15, 0.2) is 18.2 Å². The van der Waals surface area contributed by atoms with Crippen molar-refractivity contribution in [3.05, 3.63) is 29.3 Å². The maximum atomic E-state index is 6.37. The number of hydrogen-bond donors (Lipinski definition) is 1. The molecule has 2 aliphatic rings. The molecule has 1 atom stereocenters. The van der Waals surface area contributed by atoms with Crippen molar-refractivity contribution in [1.29, 1.82) is 0 Å². The second-order valence-corrected chi connectivity index (χ2v) is 6.01. The summed E-state index contributed by atoms with van der Waals surface area (Å²) in [7, 11) is 0. The van der Waals surface area contributed by atoms with Gasteiger partial charge in [-0.25, -0.2) is 0 Å². The number of fused-ring (bicyclic) bond motifs is 1. The van der Waals surface area contributed by atoms with Crippen LogP contribution in [-0.4, -0.2) is 12.1 Å². The molecular formula is C16H23NO. The van der Waals surface area contributed by atoms with Crippen molar-refractivity contribution in [3.8, 4) is 5.75 Å². The second kappa shape index (κ2) is 4.58. The number of hydrogen-bond acceptors (Lipinski definition) is 2. The molecule has 0 bridgehead atoms. The van der Waals surface area contributed by atoms with Gasteiger partial charge in [-0.3, -0.25) is 0 Å². The molecule has 98 valence electrons. The zero-order valence-corrected chi connectivity index (χ0v) is 11.2. The van der Waals surface area contributed by atoms with E-state index in [0.29, 0.717) is 5.92 Å². The first-order chi connectivity index (χ1) is 8.72. The summed E-state index contributed by atoms with van der Waals surface area (Å²) in [5, 5.41) is 0. The van der Waals surface area contributed by atoms with Crippen LogP contribution in [0.5, 0.6) is 5.75 Å². The lowest BCUT2D eigenvalue weighted by Crippen LogP contribution is -2.38. The molecule has 2 heteroatoms. The lowest BCUT2D eigenvalue weighted by Gasteiger charge is -2.40. The van der Waals surface area contributed by atoms with Crippen molar-refractivity contribution in [2.45, 2.75) is 57.0 Å². The summed E-state index contributed by atoms with van der Waals surface area (Å²) >= 11 is 0. The topological polar surface area (TPSA) is 35.2 Å². The Morgan fingerprint density at radius 2 is 2.11 bits per heavy atom. The summed E-state index contributed by atoms with van der Waals surface area (Å²) < 4.78 is 6.37. The van der Waals surface area contributed by atoms with Crippen LogP contribution in [0.3, 0.4) is 0 Å². The van der Waals surface area contributed by atoms with Crippen LogP contribution >= 0.6 is 0 Å². The molecule has 0 amide bonds. The molecule has 1 unspecified atom stereocenters. The van der Waals surface area contributed by atoms with E-state index in [1.54, 1.807) is 0 Å². The largest absolute Gasteiger partial charge is 0.487 e. The van der Waals surface area contributed by atoms with E-state index in [-0.39, 0.29) is 5.60 Å². The summed E-state index contributed by atoms with van der Waals surface area (Å²) in [6.07, 6.45) is 7.33. The minimum atomic E-state index is 0.127. The third-order valence-corrected chi connectivity index (χ3v) is 4.58. The minimum Gasteiger partial charge on any atom is -0.487 e. The van der Waals surface area contributed by atoms with Crippen LogP contribution < -0.4 is 10.5 Å². The summed E-state index contributed by atoms with van der Waals surface area (Å²) in [5.41, 5.74) is 8.64. The quantitative estimate of drug-likeness (QED) is 0.865. The van der Waals surface area contributed by atoms with Crippen LogP contribution in [0.2, 0.25) is 0 Å². The third-order valence-electron chi connectivity index (χ3n) is 4.58. The Morgan fingerprint density at radius 3 is 2.83 bits per heavy atom. The molecule has 2 nitrogen and oxygen atoms in total. The maximum Gasteiger partial charge on any atom is 0.123 e. The van der Waals surface area contributed by atoms with Gasteiger partial charge in [0.1, 0.15) is 11.4 Å². The van der Waals surface area contributed by atoms with Gasteiger partial charge < -0.3 is 10.5 Å². The van der Waals surface area contributed by atoms with E-state index in [4.69, 9.17) is 10.5 Å². The average Bonchev–Trinajstić information content (AvgIpc) is 2.79. The van der Waals surface area contributed by atoms with Gasteiger partial charge in [0.25, 0.3) is 0 Å². The molecule has 1 spiro atoms. The molecule has 0 saturated heterocycles. The van der Waals surface area contributed by atoms with Crippen molar-refractivity contribution in [1.82, 2.24) is 0 Å². The molecule has 3 rings (SSSR count). The highest BCUT2D eigenvalue weighted by molar-refractivity contribution is 5.42. The Balaban J connectivity index is 1.97. The predicted octanol–water partition coefficient (Wildman–Crippen LogP) is 3.52. The first-order valence-corrected chi connectivity index (χ1v) is 7.22. The van der Waals surface area contributed by atoms with Crippen LogP contribution in [0.1, 0.15) is 55.6 Å². The summed E-state index contributed by atoms with van der Waals surface area (Å²) in [4.78, 5) is 0. The van der Waals surface area contributed by atoms with E-state index in [2.05, 4.69) is 25.1 Å². The fourth-order valence-corrected chi connectivity index (χ4v) is 3.70. The van der Waals surface area contributed by atoms with Crippen LogP contribution in [0, 0.1) is 6.92 Å². The third kappa shape index (κ3) is 2.03. The summed E-state index contributed by atoms with van der Waals surface area (Å²) in [6, 6.07) is 6.61. The standard InChI is InChI=1S/C16H23NO/c1-12-4-5-15-14(10-12)13(6-9-17)11-16(18-15)7-2-3-8-16/h4-5,10,13H,2-3,6-9,11,17H2,1H3. The van der Waals surface area contributed by atoms with E-state index < -0.39 is 0 Å². The van der Waals surface area contributed by atoms with Gasteiger partial charge in [-0.2, -0.15) is 0 Å². The summed E-state index contributed by atoms with van der Waals surface area (Å²) in [6.45, 7) is 2.92. The molecule has 1 heterocycles. The smallest absolute Gasteiger partial charge is 0.123 e. The molecule has 0 aromatic heterocycles. The fraction of sp³-hybridized carbons (Fsp3) is 0.625. The van der Waals surface area contributed by atoms with Crippen molar-refractivity contribution < 1.29 is 4.74 Å². The van der Waals surface area contributed by atoms with Crippen molar-refractivity contribution >= 4 is 0 Å². The second-order valence-electron chi connectivity index (χ2n) is 6.01. The molecule has 1 fully saturated rings. The predicted molar refractivity (Wildman–Crippen MR) is 74.0 cm³/mol. The van der Waals surface area contributed by atoms with Crippen molar-refractivity contribution in [3.63, 3.8) is 0 Å². The number of nitrogens with two attached hydrogens (primary N) is 1. The van der Waals surface area contributed by atoms with Gasteiger partial charge in [-0.05, 0) is 69.5 Å². The Bertz CT molecular complexity index is 435. The molecule has 1 saturated carbocycles. The monoisotopic (exact) mass is 245 g/mol. The SMILES string of the molecule is Cc1ccc2c(c1)C(CCN)CC1(CCCC1)O2. The lowest BCUT2D eigenvalue weighted by atomic mass is 9.79. The number of aryl methyl sites for hydroxylation is 1. The van der Waals surface area contributed by atoms with Gasteiger partial charge in [0, 0.05) is 0 Å². The van der Waals surface area contributed by atoms with E-state index in [1.165, 1.54) is 43.2 Å². The van der Waals surface area contributed by atoms with E-state index in [0.717, 1.165) is 18.7 Å². The van der Waals surface area contributed by atoms with Crippen LogP contribution in [-0.2, 0) is 0 Å². The molecular weight excluding hydrogens is 222 g/mol. The molecule has 1 aliphatic heterocycles. The fourth-order valence-electron chi connectivity index (χ4n) is 3.70. The highest BCUT2D eigenvalue weighted by atomic mass is 16.5. The molecule has 18 heavy (non-hydrogen) atoms. The van der Waals surface area contributed by atoms with Gasteiger partial charge in [0.2, 0.25) is 0 Å². The van der Waals surface area contributed by atoms with Gasteiger partial charge >= 0.3 is 0 Å². The lowest BCUT2D eigenvalue weighted by molar-refractivity contribution is 0.0409. The van der Waals surface area contributed by atoms with Crippen LogP contribution in [0.25, 0.3) is 0 Å². The number of ether oxygens (including phenoxy) is 1. The molecule has 0 radical (unpaired) electrons. The molecule has 1 aromatic carbocycles. The molecule has 2 N–H and O–H groups in total. The number of rotatable bonds is 2. The molecule has 1 aliphatic carbocycles. The maximum absolute atomic E-state index is 6.37. The summed E-state index contributed by atoms with van der Waals surface area (Å²) in [5.74, 6) is 1.71. The van der Waals surface area contributed by atoms with Crippen LogP contribution in [0.4, 0.5) is 0 Å². The first kappa shape index (κ1) is 12.0. The normalized spacial score (nSPS) is 24.9. The molecule has 1 aromatic rings. The van der Waals surface area contributed by atoms with E-state index in [1.807, 2.05) is 0 Å². The van der Waals surface area contributed by atoms with Crippen molar-refractivity contribution in [2.75, 3.05) is 6.54 Å². The zero-order chi connectivity index (χ0) is 12.6. The van der Waals surface area contributed by atoms with Gasteiger partial charge in [-0.1, -0.05) is 17.7 Å². The van der Waals surface area contributed by atoms with Gasteiger partial charge in [0.15, 0.2) is 0 Å². The highest BCUT2D eigenvalue weighted by Crippen LogP contribution is 2.49. The Hall–Kier alpha value is -1.02. The Kier molecular flexibility index (Phi) is 3.06. The van der Waals surface area contributed by atoms with E-state index in [9.17, 15) is 0 Å². The Morgan fingerprint density at radius 1 is 1.33 bits per heavy atom. The van der Waals surface area contributed by atoms with Gasteiger partial charge in [-0.15, -0.1) is 0 Å². The average molecular weight is 245 g/mol. The number of benzene rings is 1. The zero-order valence-electron chi connectivity index (χ0n) is 11.2. The van der Waals surface area contributed by atoms with E-state index >= 15 is 0 Å². The van der Waals surface area contributed by atoms with Gasteiger partial charge in [0.05, 0.1) is 0 Å². The first-order valence-electron chi connectivity index (χ1n) is 7.22. The van der Waals surface area contributed by atoms with Crippen molar-refractivity contribution in [2.24, 2.45) is 5.73 Å². The highest BCUT2D eigenvalue weighted by Gasteiger charge is 2.42.